The van der Waals surface area contributed by atoms with E-state index in [-0.39, 0.29) is 35.4 Å². The van der Waals surface area contributed by atoms with Crippen molar-refractivity contribution in [3.8, 4) is 0 Å². The molecule has 2 amide bonds. The van der Waals surface area contributed by atoms with Crippen molar-refractivity contribution in [1.82, 2.24) is 10.6 Å². The maximum atomic E-state index is 13.4. The van der Waals surface area contributed by atoms with Crippen LogP contribution in [0.2, 0.25) is 0 Å². The lowest BCUT2D eigenvalue weighted by Gasteiger charge is -2.64. The second kappa shape index (κ2) is 11.7. The van der Waals surface area contributed by atoms with Gasteiger partial charge in [-0.1, -0.05) is 58.0 Å². The fourth-order valence-electron chi connectivity index (χ4n) is 6.88. The molecule has 0 spiro atoms. The van der Waals surface area contributed by atoms with Gasteiger partial charge >= 0.3 is 7.12 Å². The summed E-state index contributed by atoms with van der Waals surface area (Å²) in [5.41, 5.74) is 1.05. The average Bonchev–Trinajstić information content (AvgIpc) is 3.22. The van der Waals surface area contributed by atoms with Crippen LogP contribution in [-0.4, -0.2) is 53.8 Å². The number of benzene rings is 1. The number of rotatable bonds is 12. The van der Waals surface area contributed by atoms with Crippen molar-refractivity contribution >= 4 is 18.9 Å². The highest BCUT2D eigenvalue weighted by molar-refractivity contribution is 6.47. The van der Waals surface area contributed by atoms with Crippen LogP contribution in [0.5, 0.6) is 0 Å². The third-order valence-electron chi connectivity index (χ3n) is 9.47. The Bertz CT molecular complexity index is 971. The van der Waals surface area contributed by atoms with E-state index in [0.29, 0.717) is 30.6 Å². The second-order valence-corrected chi connectivity index (χ2v) is 13.0. The summed E-state index contributed by atoms with van der Waals surface area (Å²) in [6, 6.07) is 8.97. The predicted octanol–water partition coefficient (Wildman–Crippen LogP) is 4.06. The van der Waals surface area contributed by atoms with Gasteiger partial charge in [0.25, 0.3) is 0 Å². The van der Waals surface area contributed by atoms with E-state index in [4.69, 9.17) is 9.31 Å². The van der Waals surface area contributed by atoms with E-state index < -0.39 is 25.2 Å². The minimum Gasteiger partial charge on any atom is -0.404 e. The molecule has 1 aromatic rings. The van der Waals surface area contributed by atoms with Gasteiger partial charge in [0.1, 0.15) is 6.04 Å². The molecule has 210 valence electrons. The van der Waals surface area contributed by atoms with Crippen LogP contribution in [0.1, 0.15) is 85.6 Å². The molecule has 0 unspecified atom stereocenters. The first-order chi connectivity index (χ1) is 17.9. The summed E-state index contributed by atoms with van der Waals surface area (Å²) in [5, 5.41) is 16.3. The van der Waals surface area contributed by atoms with Crippen LogP contribution in [0, 0.1) is 23.2 Å². The molecular formula is C30H47BN2O5. The first-order valence-corrected chi connectivity index (χ1v) is 14.6. The Hall–Kier alpha value is -1.90. The first kappa shape index (κ1) is 29.1. The molecule has 3 saturated carbocycles. The highest BCUT2D eigenvalue weighted by Gasteiger charge is 2.68. The van der Waals surface area contributed by atoms with Gasteiger partial charge in [-0.15, -0.1) is 0 Å². The molecule has 1 aromatic carbocycles. The van der Waals surface area contributed by atoms with Crippen molar-refractivity contribution in [3.63, 3.8) is 0 Å². The topological polar surface area (TPSA) is 96.9 Å². The van der Waals surface area contributed by atoms with Gasteiger partial charge in [0.05, 0.1) is 23.8 Å². The Morgan fingerprint density at radius 1 is 1.08 bits per heavy atom. The molecule has 38 heavy (non-hydrogen) atoms. The van der Waals surface area contributed by atoms with Crippen LogP contribution in [-0.2, 0) is 25.3 Å². The number of aliphatic hydroxyl groups excluding tert-OH is 1. The molecule has 3 aliphatic carbocycles. The van der Waals surface area contributed by atoms with Gasteiger partial charge in [-0.3, -0.25) is 9.59 Å². The Labute approximate surface area is 229 Å². The van der Waals surface area contributed by atoms with Gasteiger partial charge in [0.2, 0.25) is 11.8 Å². The third kappa shape index (κ3) is 6.13. The fourth-order valence-corrected chi connectivity index (χ4v) is 6.88. The molecule has 0 radical (unpaired) electrons. The molecule has 5 rings (SSSR count). The molecule has 0 aromatic heterocycles. The predicted molar refractivity (Wildman–Crippen MR) is 149 cm³/mol. The number of nitrogens with one attached hydrogen (secondary N) is 2. The van der Waals surface area contributed by atoms with Crippen molar-refractivity contribution in [2.75, 3.05) is 0 Å². The van der Waals surface area contributed by atoms with Crippen LogP contribution >= 0.6 is 0 Å². The van der Waals surface area contributed by atoms with Gasteiger partial charge < -0.3 is 25.0 Å². The minimum atomic E-state index is -1.04. The van der Waals surface area contributed by atoms with Gasteiger partial charge in [0.15, 0.2) is 0 Å². The van der Waals surface area contributed by atoms with Crippen molar-refractivity contribution in [3.05, 3.63) is 35.9 Å². The third-order valence-corrected chi connectivity index (χ3v) is 9.47. The molecule has 7 nitrogen and oxygen atoms in total. The standard InChI is InChI=1S/C30H47BN2O5/c1-19(2)15-16-25(31-37-24-18-22-17-23(29(22,4)5)30(24,6)38-31)32-28(36)27(20(3)34)33-26(35)14-10-13-21-11-8-7-9-12-21/h7-9,11-12,19-20,22-25,27,34H,10,13-18H2,1-6H3,(H,32,36)(H,33,35)/t20-,22+,23+,24-,25+,27+,30+/m1/s1. The number of hydrogen-bond donors (Lipinski definition) is 3. The molecule has 3 N–H and O–H groups in total. The van der Waals surface area contributed by atoms with Crippen LogP contribution in [0.4, 0.5) is 0 Å². The maximum absolute atomic E-state index is 13.4. The van der Waals surface area contributed by atoms with Crippen LogP contribution < -0.4 is 10.6 Å². The van der Waals surface area contributed by atoms with Gasteiger partial charge in [-0.25, -0.2) is 0 Å². The Balaban J connectivity index is 1.37. The lowest BCUT2D eigenvalue weighted by atomic mass is 9.43. The molecule has 4 fully saturated rings. The monoisotopic (exact) mass is 526 g/mol. The van der Waals surface area contributed by atoms with Gasteiger partial charge in [-0.05, 0) is 81.1 Å². The normalized spacial score (nSPS) is 29.7. The van der Waals surface area contributed by atoms with E-state index in [1.807, 2.05) is 30.3 Å². The van der Waals surface area contributed by atoms with Gasteiger partial charge in [0, 0.05) is 6.42 Å². The Morgan fingerprint density at radius 3 is 2.42 bits per heavy atom. The van der Waals surface area contributed by atoms with E-state index in [1.54, 1.807) is 0 Å². The lowest BCUT2D eigenvalue weighted by molar-refractivity contribution is -0.199. The quantitative estimate of drug-likeness (QED) is 0.357. The summed E-state index contributed by atoms with van der Waals surface area (Å²) >= 11 is 0. The Kier molecular flexibility index (Phi) is 8.95. The lowest BCUT2D eigenvalue weighted by Crippen LogP contribution is -2.65. The fraction of sp³-hybridized carbons (Fsp3) is 0.733. The second-order valence-electron chi connectivity index (χ2n) is 13.0. The van der Waals surface area contributed by atoms with E-state index >= 15 is 0 Å². The van der Waals surface area contributed by atoms with Crippen molar-refractivity contribution < 1.29 is 24.0 Å². The first-order valence-electron chi connectivity index (χ1n) is 14.6. The zero-order valence-electron chi connectivity index (χ0n) is 24.0. The summed E-state index contributed by atoms with van der Waals surface area (Å²) < 4.78 is 13.2. The molecule has 2 bridgehead atoms. The highest BCUT2D eigenvalue weighted by Crippen LogP contribution is 2.65. The zero-order chi connectivity index (χ0) is 27.7. The highest BCUT2D eigenvalue weighted by atomic mass is 16.7. The average molecular weight is 527 g/mol. The molecule has 8 heteroatoms. The number of amides is 2. The summed E-state index contributed by atoms with van der Waals surface area (Å²) in [6.45, 7) is 12.7. The van der Waals surface area contributed by atoms with Crippen LogP contribution in [0.25, 0.3) is 0 Å². The number of carbonyl (C=O) groups excluding carboxylic acids is 2. The largest absolute Gasteiger partial charge is 0.481 e. The van der Waals surface area contributed by atoms with E-state index in [9.17, 15) is 14.7 Å². The van der Waals surface area contributed by atoms with Crippen molar-refractivity contribution in [2.24, 2.45) is 23.2 Å². The molecule has 1 heterocycles. The van der Waals surface area contributed by atoms with E-state index in [1.165, 1.54) is 18.9 Å². The molecule has 4 aliphatic rings. The van der Waals surface area contributed by atoms with Crippen molar-refractivity contribution in [1.29, 1.82) is 0 Å². The SMILES string of the molecule is CC(C)CC[C@H](NC(=O)[C@@H](NC(=O)CCCc1ccccc1)[C@@H](C)O)B1O[C@@H]2C[C@@H]3C[C@@H](C3(C)C)[C@]2(C)O1. The minimum absolute atomic E-state index is 0.0274. The molecule has 7 atom stereocenters. The molecule has 1 saturated heterocycles. The summed E-state index contributed by atoms with van der Waals surface area (Å²) in [6.07, 6.45) is 4.49. The number of aliphatic hydroxyl groups is 1. The van der Waals surface area contributed by atoms with Crippen LogP contribution in [0.3, 0.4) is 0 Å². The Morgan fingerprint density at radius 2 is 1.79 bits per heavy atom. The molecule has 1 aliphatic heterocycles. The van der Waals surface area contributed by atoms with Crippen molar-refractivity contribution in [2.45, 2.75) is 116 Å². The number of aryl methyl sites for hydroxylation is 1. The van der Waals surface area contributed by atoms with E-state index in [0.717, 1.165) is 19.3 Å². The summed E-state index contributed by atoms with van der Waals surface area (Å²) in [7, 11) is -0.543. The van der Waals surface area contributed by atoms with Crippen LogP contribution in [0.15, 0.2) is 30.3 Å². The smallest absolute Gasteiger partial charge is 0.404 e. The number of carbonyl (C=O) groups is 2. The number of hydrogen-bond acceptors (Lipinski definition) is 5. The maximum Gasteiger partial charge on any atom is 0.481 e. The van der Waals surface area contributed by atoms with E-state index in [2.05, 4.69) is 45.3 Å². The summed E-state index contributed by atoms with van der Waals surface area (Å²) in [5.74, 6) is 0.539. The zero-order valence-corrected chi connectivity index (χ0v) is 24.0. The summed E-state index contributed by atoms with van der Waals surface area (Å²) in [4.78, 5) is 26.1. The van der Waals surface area contributed by atoms with Gasteiger partial charge in [-0.2, -0.15) is 0 Å². The molecular weight excluding hydrogens is 479 g/mol.